The van der Waals surface area contributed by atoms with Crippen molar-refractivity contribution in [1.82, 2.24) is 9.80 Å². The van der Waals surface area contributed by atoms with Crippen LogP contribution in [0.3, 0.4) is 0 Å². The summed E-state index contributed by atoms with van der Waals surface area (Å²) < 4.78 is 11.7. The summed E-state index contributed by atoms with van der Waals surface area (Å²) in [6.45, 7) is 7.91. The van der Waals surface area contributed by atoms with Crippen molar-refractivity contribution < 1.29 is 9.47 Å². The van der Waals surface area contributed by atoms with Gasteiger partial charge in [-0.25, -0.2) is 0 Å². The largest absolute Gasteiger partial charge is 0.486 e. The molecule has 0 radical (unpaired) electrons. The normalized spacial score (nSPS) is 21.7. The number of fused-ring (bicyclic) bond motifs is 1. The molecule has 5 heteroatoms. The second kappa shape index (κ2) is 7.01. The average molecular weight is 303 g/mol. The number of hydrogen-bond donors (Lipinski definition) is 1. The highest BCUT2D eigenvalue weighted by atomic mass is 16.6. The van der Waals surface area contributed by atoms with Crippen LogP contribution in [-0.4, -0.2) is 61.1 Å². The van der Waals surface area contributed by atoms with Crippen molar-refractivity contribution in [2.45, 2.75) is 25.9 Å². The third kappa shape index (κ3) is 3.53. The molecule has 2 aliphatic rings. The lowest BCUT2D eigenvalue weighted by molar-refractivity contribution is 0.0920. The van der Waals surface area contributed by atoms with Crippen molar-refractivity contribution in [3.8, 4) is 11.5 Å². The summed E-state index contributed by atoms with van der Waals surface area (Å²) in [4.78, 5) is 4.65. The van der Waals surface area contributed by atoms with E-state index >= 15 is 0 Å². The van der Waals surface area contributed by atoms with E-state index in [1.807, 2.05) is 24.3 Å². The van der Waals surface area contributed by atoms with Crippen LogP contribution in [-0.2, 0) is 0 Å². The lowest BCUT2D eigenvalue weighted by Gasteiger charge is -2.37. The van der Waals surface area contributed by atoms with Crippen LogP contribution in [0.1, 0.15) is 19.8 Å². The van der Waals surface area contributed by atoms with E-state index in [2.05, 4.69) is 16.7 Å². The van der Waals surface area contributed by atoms with E-state index in [0.29, 0.717) is 18.9 Å². The highest BCUT2D eigenvalue weighted by Gasteiger charge is 2.25. The minimum atomic E-state index is -0.0592. The zero-order valence-electron chi connectivity index (χ0n) is 13.3. The Kier molecular flexibility index (Phi) is 4.83. The van der Waals surface area contributed by atoms with Crippen molar-refractivity contribution >= 4 is 5.84 Å². The molecular formula is C17H25N3O2. The van der Waals surface area contributed by atoms with Crippen LogP contribution in [0.25, 0.3) is 0 Å². The van der Waals surface area contributed by atoms with Gasteiger partial charge in [-0.1, -0.05) is 19.1 Å². The molecule has 120 valence electrons. The molecule has 22 heavy (non-hydrogen) atoms. The van der Waals surface area contributed by atoms with Crippen molar-refractivity contribution in [1.29, 1.82) is 5.41 Å². The average Bonchev–Trinajstić information content (AvgIpc) is 2.56. The van der Waals surface area contributed by atoms with E-state index in [1.165, 1.54) is 6.42 Å². The maximum absolute atomic E-state index is 8.34. The molecule has 0 amide bonds. The molecule has 0 aromatic heterocycles. The number of benzene rings is 1. The second-order valence-electron chi connectivity index (χ2n) is 5.98. The number of ether oxygens (including phenoxy) is 2. The van der Waals surface area contributed by atoms with E-state index < -0.39 is 0 Å². The van der Waals surface area contributed by atoms with E-state index in [9.17, 15) is 0 Å². The van der Waals surface area contributed by atoms with Crippen molar-refractivity contribution in [3.05, 3.63) is 24.3 Å². The summed E-state index contributed by atoms with van der Waals surface area (Å²) in [5.74, 6) is 2.27. The third-order valence-corrected chi connectivity index (χ3v) is 4.28. The lowest BCUT2D eigenvalue weighted by atomic mass is 10.2. The smallest absolute Gasteiger partial charge is 0.161 e. The Morgan fingerprint density at radius 3 is 2.64 bits per heavy atom. The number of amidine groups is 1. The van der Waals surface area contributed by atoms with Crippen LogP contribution >= 0.6 is 0 Å². The molecule has 2 heterocycles. The molecule has 2 aliphatic heterocycles. The fourth-order valence-corrected chi connectivity index (χ4v) is 3.07. The maximum atomic E-state index is 8.34. The van der Waals surface area contributed by atoms with Crippen LogP contribution in [0, 0.1) is 5.41 Å². The number of nitrogens with one attached hydrogen (secondary N) is 1. The highest BCUT2D eigenvalue weighted by molar-refractivity contribution is 5.79. The predicted octanol–water partition coefficient (Wildman–Crippen LogP) is 2.22. The van der Waals surface area contributed by atoms with Gasteiger partial charge in [0.15, 0.2) is 11.5 Å². The van der Waals surface area contributed by atoms with Crippen LogP contribution in [0.5, 0.6) is 11.5 Å². The van der Waals surface area contributed by atoms with Gasteiger partial charge >= 0.3 is 0 Å². The zero-order chi connectivity index (χ0) is 15.4. The Morgan fingerprint density at radius 2 is 1.91 bits per heavy atom. The van der Waals surface area contributed by atoms with Crippen molar-refractivity contribution in [3.63, 3.8) is 0 Å². The van der Waals surface area contributed by atoms with Gasteiger partial charge in [-0.05, 0) is 25.1 Å². The fraction of sp³-hybridized carbons (Fsp3) is 0.588. The molecule has 1 N–H and O–H groups in total. The van der Waals surface area contributed by atoms with E-state index in [1.54, 1.807) is 0 Å². The molecule has 0 unspecified atom stereocenters. The number of rotatable bonds is 4. The highest BCUT2D eigenvalue weighted by Crippen LogP contribution is 2.31. The number of nitrogens with zero attached hydrogens (tertiary/aromatic N) is 2. The van der Waals surface area contributed by atoms with Gasteiger partial charge in [-0.3, -0.25) is 10.3 Å². The minimum Gasteiger partial charge on any atom is -0.486 e. The molecule has 1 saturated heterocycles. The summed E-state index contributed by atoms with van der Waals surface area (Å²) in [6, 6.07) is 7.74. The fourth-order valence-electron chi connectivity index (χ4n) is 3.07. The standard InChI is InChI=1S/C17H25N3O2/c1-2-7-19-8-10-20(11-9-19)17(18)12-14-13-21-15-5-3-4-6-16(15)22-14/h3-6,14,18H,2,7-13H2,1H3/t14-/m0/s1. The summed E-state index contributed by atoms with van der Waals surface area (Å²) in [5, 5.41) is 8.34. The third-order valence-electron chi connectivity index (χ3n) is 4.28. The van der Waals surface area contributed by atoms with Gasteiger partial charge in [-0.2, -0.15) is 0 Å². The van der Waals surface area contributed by atoms with Gasteiger partial charge in [0.2, 0.25) is 0 Å². The van der Waals surface area contributed by atoms with Crippen LogP contribution in [0.15, 0.2) is 24.3 Å². The van der Waals surface area contributed by atoms with Gasteiger partial charge in [0.25, 0.3) is 0 Å². The van der Waals surface area contributed by atoms with Crippen LogP contribution in [0.2, 0.25) is 0 Å². The van der Waals surface area contributed by atoms with Gasteiger partial charge in [-0.15, -0.1) is 0 Å². The Balaban J connectivity index is 1.49. The van der Waals surface area contributed by atoms with Crippen LogP contribution < -0.4 is 9.47 Å². The predicted molar refractivity (Wildman–Crippen MR) is 87.0 cm³/mol. The Labute approximate surface area is 132 Å². The Hall–Kier alpha value is -1.75. The molecule has 1 atom stereocenters. The lowest BCUT2D eigenvalue weighted by Crippen LogP contribution is -2.49. The summed E-state index contributed by atoms with van der Waals surface area (Å²) in [7, 11) is 0. The monoisotopic (exact) mass is 303 g/mol. The summed E-state index contributed by atoms with van der Waals surface area (Å²) in [6.07, 6.45) is 1.75. The molecule has 0 spiro atoms. The first-order valence-corrected chi connectivity index (χ1v) is 8.19. The van der Waals surface area contributed by atoms with Gasteiger partial charge < -0.3 is 14.4 Å². The zero-order valence-corrected chi connectivity index (χ0v) is 13.3. The Morgan fingerprint density at radius 1 is 1.18 bits per heavy atom. The summed E-state index contributed by atoms with van der Waals surface area (Å²) >= 11 is 0. The van der Waals surface area contributed by atoms with Crippen molar-refractivity contribution in [2.75, 3.05) is 39.3 Å². The van der Waals surface area contributed by atoms with Gasteiger partial charge in [0.05, 0.1) is 5.84 Å². The first-order valence-electron chi connectivity index (χ1n) is 8.19. The number of piperazine rings is 1. The molecule has 1 aromatic rings. The minimum absolute atomic E-state index is 0.0592. The number of para-hydroxylation sites is 2. The van der Waals surface area contributed by atoms with Gasteiger partial charge in [0, 0.05) is 32.6 Å². The van der Waals surface area contributed by atoms with Crippen molar-refractivity contribution in [2.24, 2.45) is 0 Å². The molecule has 0 aliphatic carbocycles. The molecule has 0 saturated carbocycles. The molecule has 0 bridgehead atoms. The van der Waals surface area contributed by atoms with Crippen LogP contribution in [0.4, 0.5) is 0 Å². The SMILES string of the molecule is CCCN1CCN(C(=N)C[C@H]2COc3ccccc3O2)CC1. The van der Waals surface area contributed by atoms with E-state index in [-0.39, 0.29) is 6.10 Å². The Bertz CT molecular complexity index is 512. The second-order valence-corrected chi connectivity index (χ2v) is 5.98. The topological polar surface area (TPSA) is 48.8 Å². The first kappa shape index (κ1) is 15.2. The van der Waals surface area contributed by atoms with Gasteiger partial charge in [0.1, 0.15) is 12.7 Å². The molecule has 1 aromatic carbocycles. The van der Waals surface area contributed by atoms with E-state index in [4.69, 9.17) is 14.9 Å². The molecule has 1 fully saturated rings. The van der Waals surface area contributed by atoms with E-state index in [0.717, 1.165) is 44.2 Å². The summed E-state index contributed by atoms with van der Waals surface area (Å²) in [5.41, 5.74) is 0. The quantitative estimate of drug-likeness (QED) is 0.684. The molecule has 5 nitrogen and oxygen atoms in total. The maximum Gasteiger partial charge on any atom is 0.161 e. The molecular weight excluding hydrogens is 278 g/mol. The number of hydrogen-bond acceptors (Lipinski definition) is 4. The molecule has 3 rings (SSSR count). The first-order chi connectivity index (χ1) is 10.8.